The van der Waals surface area contributed by atoms with E-state index in [9.17, 15) is 4.79 Å². The molecule has 1 aliphatic rings. The highest BCUT2D eigenvalue weighted by Gasteiger charge is 2.33. The summed E-state index contributed by atoms with van der Waals surface area (Å²) < 4.78 is 7.92. The number of thioether (sulfide) groups is 1. The van der Waals surface area contributed by atoms with Gasteiger partial charge in [-0.25, -0.2) is 4.68 Å². The number of hydrogen-bond acceptors (Lipinski definition) is 6. The van der Waals surface area contributed by atoms with Gasteiger partial charge >= 0.3 is 0 Å². The minimum atomic E-state index is -0.389. The predicted molar refractivity (Wildman–Crippen MR) is 143 cm³/mol. The average Bonchev–Trinajstić information content (AvgIpc) is 3.29. The molecule has 0 amide bonds. The zero-order valence-corrected chi connectivity index (χ0v) is 21.4. The fraction of sp³-hybridized carbons (Fsp3) is 0.207. The van der Waals surface area contributed by atoms with E-state index in [2.05, 4.69) is 48.6 Å². The quantitative estimate of drug-likeness (QED) is 0.287. The van der Waals surface area contributed by atoms with Crippen molar-refractivity contribution >= 4 is 23.5 Å². The molecule has 0 aliphatic carbocycles. The number of Topliss-reactive ketones (excluding diaryl/α,β-unsaturated/α-hetero) is 1. The number of benzene rings is 3. The summed E-state index contributed by atoms with van der Waals surface area (Å²) in [5, 5.41) is 8.74. The third-order valence-corrected chi connectivity index (χ3v) is 7.03. The van der Waals surface area contributed by atoms with Crippen LogP contribution in [-0.2, 0) is 17.2 Å². The van der Waals surface area contributed by atoms with Crippen LogP contribution in [0.15, 0.2) is 95.3 Å². The summed E-state index contributed by atoms with van der Waals surface area (Å²) >= 11 is 1.57. The van der Waals surface area contributed by atoms with Crippen LogP contribution in [-0.4, -0.2) is 20.5 Å². The molecule has 2 heterocycles. The minimum absolute atomic E-state index is 0.00406. The zero-order chi connectivity index (χ0) is 25.1. The molecule has 182 valence electrons. The van der Waals surface area contributed by atoms with Crippen LogP contribution in [0.3, 0.4) is 0 Å². The summed E-state index contributed by atoms with van der Waals surface area (Å²) in [4.78, 5) is 17.5. The van der Waals surface area contributed by atoms with Gasteiger partial charge in [0.2, 0.25) is 11.1 Å². The minimum Gasteiger partial charge on any atom is -0.489 e. The van der Waals surface area contributed by atoms with E-state index in [1.165, 1.54) is 11.1 Å². The number of fused-ring (bicyclic) bond motifs is 1. The lowest BCUT2D eigenvalue weighted by Gasteiger charge is -2.28. The van der Waals surface area contributed by atoms with E-state index in [-0.39, 0.29) is 11.8 Å². The smallest absolute Gasteiger partial charge is 0.227 e. The Bertz CT molecular complexity index is 1410. The van der Waals surface area contributed by atoms with Crippen molar-refractivity contribution < 1.29 is 9.53 Å². The summed E-state index contributed by atoms with van der Waals surface area (Å²) in [5.41, 5.74) is 5.91. The van der Waals surface area contributed by atoms with Crippen LogP contribution in [0, 0.1) is 6.92 Å². The number of carbonyl (C=O) groups excluding carboxylic acids is 1. The van der Waals surface area contributed by atoms with Crippen LogP contribution in [0.1, 0.15) is 42.1 Å². The maximum Gasteiger partial charge on any atom is 0.227 e. The SMILES string of the molecule is CC(=O)C1=C(C)Nc2nc(SCc3ccccc3)nn2C1c1cccc(OCc2ccc(C)cc2)c1. The molecule has 1 unspecified atom stereocenters. The number of aryl methyl sites for hydroxylation is 1. The Morgan fingerprint density at radius 2 is 1.78 bits per heavy atom. The average molecular weight is 497 g/mol. The largest absolute Gasteiger partial charge is 0.489 e. The molecular formula is C29H28N4O2S. The van der Waals surface area contributed by atoms with Crippen molar-refractivity contribution in [2.75, 3.05) is 5.32 Å². The second-order valence-corrected chi connectivity index (χ2v) is 9.85. The molecule has 1 aromatic heterocycles. The number of carbonyl (C=O) groups is 1. The molecule has 0 fully saturated rings. The third-order valence-electron chi connectivity index (χ3n) is 6.12. The second kappa shape index (κ2) is 10.4. The number of anilines is 1. The van der Waals surface area contributed by atoms with Crippen molar-refractivity contribution in [2.45, 2.75) is 44.3 Å². The molecule has 6 nitrogen and oxygen atoms in total. The molecule has 0 radical (unpaired) electrons. The Labute approximate surface area is 215 Å². The number of ether oxygens (including phenoxy) is 1. The normalized spacial score (nSPS) is 14.8. The number of nitrogens with zero attached hydrogens (tertiary/aromatic N) is 3. The molecule has 5 rings (SSSR count). The van der Waals surface area contributed by atoms with Gasteiger partial charge in [0.25, 0.3) is 0 Å². The fourth-order valence-corrected chi connectivity index (χ4v) is 5.09. The first-order valence-corrected chi connectivity index (χ1v) is 12.9. The Kier molecular flexibility index (Phi) is 6.91. The van der Waals surface area contributed by atoms with Crippen LogP contribution in [0.2, 0.25) is 0 Å². The van der Waals surface area contributed by atoms with E-state index < -0.39 is 0 Å². The van der Waals surface area contributed by atoms with Crippen LogP contribution in [0.5, 0.6) is 5.75 Å². The molecule has 1 N–H and O–H groups in total. The highest BCUT2D eigenvalue weighted by Crippen LogP contribution is 2.37. The lowest BCUT2D eigenvalue weighted by molar-refractivity contribution is -0.114. The van der Waals surface area contributed by atoms with E-state index in [1.807, 2.05) is 54.1 Å². The molecule has 1 atom stereocenters. The highest BCUT2D eigenvalue weighted by atomic mass is 32.2. The van der Waals surface area contributed by atoms with Crippen molar-refractivity contribution in [1.29, 1.82) is 0 Å². The van der Waals surface area contributed by atoms with Gasteiger partial charge in [0.1, 0.15) is 18.4 Å². The van der Waals surface area contributed by atoms with Gasteiger partial charge in [0.05, 0.1) is 0 Å². The topological polar surface area (TPSA) is 69.0 Å². The van der Waals surface area contributed by atoms with Crippen molar-refractivity contribution in [1.82, 2.24) is 14.8 Å². The van der Waals surface area contributed by atoms with Gasteiger partial charge in [-0.05, 0) is 49.6 Å². The van der Waals surface area contributed by atoms with Crippen molar-refractivity contribution in [3.8, 4) is 5.75 Å². The van der Waals surface area contributed by atoms with E-state index in [1.54, 1.807) is 18.7 Å². The number of rotatable bonds is 8. The van der Waals surface area contributed by atoms with Gasteiger partial charge in [-0.3, -0.25) is 4.79 Å². The molecule has 0 saturated carbocycles. The number of hydrogen-bond donors (Lipinski definition) is 1. The fourth-order valence-electron chi connectivity index (χ4n) is 4.30. The van der Waals surface area contributed by atoms with E-state index in [4.69, 9.17) is 14.8 Å². The van der Waals surface area contributed by atoms with E-state index in [0.29, 0.717) is 23.3 Å². The number of ketones is 1. The monoisotopic (exact) mass is 496 g/mol. The van der Waals surface area contributed by atoms with E-state index in [0.717, 1.165) is 28.3 Å². The van der Waals surface area contributed by atoms with Crippen LogP contribution < -0.4 is 10.1 Å². The first-order valence-electron chi connectivity index (χ1n) is 11.9. The molecular weight excluding hydrogens is 468 g/mol. The molecule has 7 heteroatoms. The Balaban J connectivity index is 1.43. The zero-order valence-electron chi connectivity index (χ0n) is 20.6. The van der Waals surface area contributed by atoms with E-state index >= 15 is 0 Å². The van der Waals surface area contributed by atoms with Gasteiger partial charge in [-0.15, -0.1) is 5.10 Å². The molecule has 0 saturated heterocycles. The molecule has 36 heavy (non-hydrogen) atoms. The van der Waals surface area contributed by atoms with Gasteiger partial charge in [0, 0.05) is 17.0 Å². The second-order valence-electron chi connectivity index (χ2n) is 8.91. The summed E-state index contributed by atoms with van der Waals surface area (Å²) in [6.45, 7) is 6.05. The summed E-state index contributed by atoms with van der Waals surface area (Å²) in [5.74, 6) is 2.13. The van der Waals surface area contributed by atoms with Gasteiger partial charge < -0.3 is 10.1 Å². The van der Waals surface area contributed by atoms with Crippen molar-refractivity contribution in [2.24, 2.45) is 0 Å². The first kappa shape index (κ1) is 23.9. The Hall–Kier alpha value is -3.84. The Morgan fingerprint density at radius 3 is 2.53 bits per heavy atom. The van der Waals surface area contributed by atoms with Crippen LogP contribution >= 0.6 is 11.8 Å². The number of aromatic nitrogens is 3. The maximum absolute atomic E-state index is 12.7. The molecule has 1 aliphatic heterocycles. The lowest BCUT2D eigenvalue weighted by Crippen LogP contribution is -2.27. The molecule has 4 aromatic rings. The predicted octanol–water partition coefficient (Wildman–Crippen LogP) is 6.34. The van der Waals surface area contributed by atoms with Gasteiger partial charge in [-0.2, -0.15) is 4.98 Å². The van der Waals surface area contributed by atoms with Gasteiger partial charge in [0.15, 0.2) is 5.78 Å². The molecule has 0 spiro atoms. The highest BCUT2D eigenvalue weighted by molar-refractivity contribution is 7.98. The third kappa shape index (κ3) is 5.21. The van der Waals surface area contributed by atoms with Crippen molar-refractivity contribution in [3.63, 3.8) is 0 Å². The standard InChI is InChI=1S/C29H28N4O2S/c1-19-12-14-22(15-13-19)17-35-25-11-7-10-24(16-25)27-26(21(3)34)20(2)30-28-31-29(32-33(27)28)36-18-23-8-5-4-6-9-23/h4-16,27H,17-18H2,1-3H3,(H,30,31,32). The maximum atomic E-state index is 12.7. The molecule has 0 bridgehead atoms. The Morgan fingerprint density at radius 1 is 1.00 bits per heavy atom. The summed E-state index contributed by atoms with van der Waals surface area (Å²) in [6.07, 6.45) is 0. The van der Waals surface area contributed by atoms with Crippen LogP contribution in [0.4, 0.5) is 5.95 Å². The van der Waals surface area contributed by atoms with Crippen molar-refractivity contribution in [3.05, 3.63) is 112 Å². The summed E-state index contributed by atoms with van der Waals surface area (Å²) in [6, 6.07) is 26.0. The first-order chi connectivity index (χ1) is 17.5. The van der Waals surface area contributed by atoms with Crippen LogP contribution in [0.25, 0.3) is 0 Å². The number of allylic oxidation sites excluding steroid dienone is 2. The summed E-state index contributed by atoms with van der Waals surface area (Å²) in [7, 11) is 0. The van der Waals surface area contributed by atoms with Gasteiger partial charge in [-0.1, -0.05) is 84.1 Å². The lowest BCUT2D eigenvalue weighted by atomic mass is 9.93. The molecule has 3 aromatic carbocycles. The number of nitrogens with one attached hydrogen (secondary N) is 1.